The molecule has 0 aromatic rings. The van der Waals surface area contributed by atoms with Crippen LogP contribution in [0.5, 0.6) is 0 Å². The van der Waals surface area contributed by atoms with Gasteiger partial charge in [0.25, 0.3) is 0 Å². The first-order valence-electron chi connectivity index (χ1n) is 6.89. The minimum Gasteiger partial charge on any atom is -0.481 e. The number of nitrogens with one attached hydrogen (secondary N) is 1. The molecule has 0 aliphatic carbocycles. The van der Waals surface area contributed by atoms with Crippen molar-refractivity contribution >= 4 is 21.7 Å². The highest BCUT2D eigenvalue weighted by Crippen LogP contribution is 2.13. The number of carbonyl (C=O) groups excluding carboxylic acids is 1. The summed E-state index contributed by atoms with van der Waals surface area (Å²) in [6.45, 7) is 1.31. The van der Waals surface area contributed by atoms with Crippen molar-refractivity contribution in [2.24, 2.45) is 0 Å². The highest BCUT2D eigenvalue weighted by atomic mass is 32.2. The molecule has 9 heteroatoms. The molecule has 0 aromatic carbocycles. The number of sulfone groups is 1. The lowest BCUT2D eigenvalue weighted by Gasteiger charge is -2.34. The van der Waals surface area contributed by atoms with Crippen molar-refractivity contribution in [3.05, 3.63) is 0 Å². The number of rotatable bonds is 5. The fourth-order valence-electron chi connectivity index (χ4n) is 2.65. The van der Waals surface area contributed by atoms with Gasteiger partial charge in [0.15, 0.2) is 9.84 Å². The summed E-state index contributed by atoms with van der Waals surface area (Å²) in [6, 6.07) is -0.657. The van der Waals surface area contributed by atoms with E-state index in [0.29, 0.717) is 19.6 Å². The predicted molar refractivity (Wildman–Crippen MR) is 73.6 cm³/mol. The van der Waals surface area contributed by atoms with Crippen molar-refractivity contribution < 1.29 is 27.9 Å². The Kier molecular flexibility index (Phi) is 5.17. The van der Waals surface area contributed by atoms with Crippen LogP contribution in [0.3, 0.4) is 0 Å². The number of morpholine rings is 1. The molecule has 0 aromatic heterocycles. The molecule has 2 rings (SSSR count). The summed E-state index contributed by atoms with van der Waals surface area (Å²) in [7, 11) is -3.03. The van der Waals surface area contributed by atoms with Crippen LogP contribution in [0.4, 0.5) is 0 Å². The Balaban J connectivity index is 1.84. The summed E-state index contributed by atoms with van der Waals surface area (Å²) in [6.07, 6.45) is 0.362. The van der Waals surface area contributed by atoms with E-state index in [4.69, 9.17) is 9.84 Å². The molecule has 2 unspecified atom stereocenters. The van der Waals surface area contributed by atoms with Crippen LogP contribution in [-0.4, -0.2) is 80.2 Å². The highest BCUT2D eigenvalue weighted by molar-refractivity contribution is 7.91. The molecule has 2 saturated heterocycles. The first kappa shape index (κ1) is 16.2. The topological polar surface area (TPSA) is 113 Å². The van der Waals surface area contributed by atoms with Crippen LogP contribution >= 0.6 is 0 Å². The molecule has 2 aliphatic heterocycles. The molecular weight excluding hydrogens is 300 g/mol. The number of hydrogen-bond acceptors (Lipinski definition) is 6. The molecule has 2 fully saturated rings. The molecular formula is C12H20N2O6S. The molecule has 0 bridgehead atoms. The molecule has 2 heterocycles. The zero-order chi connectivity index (χ0) is 15.5. The zero-order valence-electron chi connectivity index (χ0n) is 11.7. The van der Waals surface area contributed by atoms with Gasteiger partial charge in [0.1, 0.15) is 0 Å². The number of ether oxygens (including phenoxy) is 1. The Morgan fingerprint density at radius 1 is 1.38 bits per heavy atom. The van der Waals surface area contributed by atoms with Crippen LogP contribution in [0, 0.1) is 0 Å². The van der Waals surface area contributed by atoms with E-state index >= 15 is 0 Å². The molecule has 0 radical (unpaired) electrons. The standard InChI is InChI=1S/C12H20N2O6S/c15-11(13-9-1-4-21(18,19)8-9)6-14-2-3-20-7-10(14)5-12(16)17/h9-10H,1-8H2,(H,13,15)(H,16,17). The smallest absolute Gasteiger partial charge is 0.305 e. The molecule has 8 nitrogen and oxygen atoms in total. The Hall–Kier alpha value is -1.19. The van der Waals surface area contributed by atoms with Gasteiger partial charge in [0.05, 0.1) is 37.7 Å². The third-order valence-electron chi connectivity index (χ3n) is 3.70. The zero-order valence-corrected chi connectivity index (χ0v) is 12.5. The van der Waals surface area contributed by atoms with Crippen molar-refractivity contribution in [3.8, 4) is 0 Å². The van der Waals surface area contributed by atoms with E-state index in [1.54, 1.807) is 4.90 Å². The molecule has 0 spiro atoms. The molecule has 21 heavy (non-hydrogen) atoms. The summed E-state index contributed by atoms with van der Waals surface area (Å²) in [5.41, 5.74) is 0. The number of hydrogen-bond donors (Lipinski definition) is 2. The van der Waals surface area contributed by atoms with Crippen molar-refractivity contribution in [1.82, 2.24) is 10.2 Å². The summed E-state index contributed by atoms with van der Waals surface area (Å²) >= 11 is 0. The Bertz CT molecular complexity index is 506. The quantitative estimate of drug-likeness (QED) is 0.631. The van der Waals surface area contributed by atoms with E-state index in [-0.39, 0.29) is 49.1 Å². The Morgan fingerprint density at radius 2 is 2.14 bits per heavy atom. The van der Waals surface area contributed by atoms with Gasteiger partial charge < -0.3 is 15.2 Å². The summed E-state index contributed by atoms with van der Waals surface area (Å²) < 4.78 is 27.9. The van der Waals surface area contributed by atoms with Crippen LogP contribution in [0.15, 0.2) is 0 Å². The van der Waals surface area contributed by atoms with Gasteiger partial charge in [0, 0.05) is 18.6 Å². The van der Waals surface area contributed by atoms with Gasteiger partial charge in [-0.2, -0.15) is 0 Å². The van der Waals surface area contributed by atoms with Gasteiger partial charge in [-0.1, -0.05) is 0 Å². The fraction of sp³-hybridized carbons (Fsp3) is 0.833. The van der Waals surface area contributed by atoms with Crippen LogP contribution in [0.2, 0.25) is 0 Å². The third-order valence-corrected chi connectivity index (χ3v) is 5.47. The first-order chi connectivity index (χ1) is 9.85. The van der Waals surface area contributed by atoms with E-state index in [2.05, 4.69) is 5.32 Å². The maximum Gasteiger partial charge on any atom is 0.305 e. The van der Waals surface area contributed by atoms with E-state index in [1.165, 1.54) is 0 Å². The lowest BCUT2D eigenvalue weighted by molar-refractivity contribution is -0.141. The van der Waals surface area contributed by atoms with Crippen molar-refractivity contribution in [2.75, 3.05) is 37.8 Å². The second-order valence-corrected chi connectivity index (χ2v) is 7.69. The number of amides is 1. The molecule has 1 amide bonds. The van der Waals surface area contributed by atoms with Gasteiger partial charge >= 0.3 is 5.97 Å². The van der Waals surface area contributed by atoms with Gasteiger partial charge in [0.2, 0.25) is 5.91 Å². The number of nitrogens with zero attached hydrogens (tertiary/aromatic N) is 1. The predicted octanol–water partition coefficient (Wildman–Crippen LogP) is -1.53. The molecule has 0 saturated carbocycles. The van der Waals surface area contributed by atoms with Gasteiger partial charge in [-0.3, -0.25) is 14.5 Å². The first-order valence-corrected chi connectivity index (χ1v) is 8.71. The normalized spacial score (nSPS) is 29.1. The Labute approximate surface area is 123 Å². The average Bonchev–Trinajstić information content (AvgIpc) is 2.70. The minimum absolute atomic E-state index is 0.0135. The lowest BCUT2D eigenvalue weighted by atomic mass is 10.1. The second-order valence-electron chi connectivity index (χ2n) is 5.46. The number of aliphatic carboxylic acids is 1. The van der Waals surface area contributed by atoms with Crippen molar-refractivity contribution in [1.29, 1.82) is 0 Å². The molecule has 2 atom stereocenters. The van der Waals surface area contributed by atoms with Gasteiger partial charge in [-0.25, -0.2) is 8.42 Å². The number of carboxylic acids is 1. The average molecular weight is 320 g/mol. The summed E-state index contributed by atoms with van der Waals surface area (Å²) in [4.78, 5) is 24.5. The molecule has 120 valence electrons. The van der Waals surface area contributed by atoms with Crippen LogP contribution in [0.1, 0.15) is 12.8 Å². The second kappa shape index (κ2) is 6.71. The van der Waals surface area contributed by atoms with E-state index < -0.39 is 15.8 Å². The lowest BCUT2D eigenvalue weighted by Crippen LogP contribution is -2.51. The third kappa shape index (κ3) is 4.94. The number of carboxylic acid groups (broad SMARTS) is 1. The highest BCUT2D eigenvalue weighted by Gasteiger charge is 2.31. The van der Waals surface area contributed by atoms with Crippen LogP contribution < -0.4 is 5.32 Å². The van der Waals surface area contributed by atoms with Gasteiger partial charge in [-0.05, 0) is 6.42 Å². The SMILES string of the molecule is O=C(O)CC1COCCN1CC(=O)NC1CCS(=O)(=O)C1. The van der Waals surface area contributed by atoms with Crippen molar-refractivity contribution in [2.45, 2.75) is 24.9 Å². The number of carbonyl (C=O) groups is 2. The maximum atomic E-state index is 12.0. The molecule has 2 aliphatic rings. The monoisotopic (exact) mass is 320 g/mol. The summed E-state index contributed by atoms with van der Waals surface area (Å²) in [5, 5.41) is 11.6. The maximum absolute atomic E-state index is 12.0. The van der Waals surface area contributed by atoms with Crippen LogP contribution in [0.25, 0.3) is 0 Å². The minimum atomic E-state index is -3.03. The van der Waals surface area contributed by atoms with E-state index in [0.717, 1.165) is 0 Å². The van der Waals surface area contributed by atoms with Gasteiger partial charge in [-0.15, -0.1) is 0 Å². The van der Waals surface area contributed by atoms with E-state index in [1.807, 2.05) is 0 Å². The summed E-state index contributed by atoms with van der Waals surface area (Å²) in [5.74, 6) is -1.11. The largest absolute Gasteiger partial charge is 0.481 e. The fourth-order valence-corrected chi connectivity index (χ4v) is 4.33. The Morgan fingerprint density at radius 3 is 2.76 bits per heavy atom. The van der Waals surface area contributed by atoms with Crippen LogP contribution in [-0.2, 0) is 24.2 Å². The molecule has 2 N–H and O–H groups in total. The van der Waals surface area contributed by atoms with E-state index in [9.17, 15) is 18.0 Å². The van der Waals surface area contributed by atoms with Crippen molar-refractivity contribution in [3.63, 3.8) is 0 Å².